The first-order valence-electron chi connectivity index (χ1n) is 8.73. The molecule has 3 rings (SSSR count). The van der Waals surface area contributed by atoms with E-state index >= 15 is 0 Å². The van der Waals surface area contributed by atoms with Crippen molar-refractivity contribution in [3.05, 3.63) is 65.0 Å². The molecule has 0 aliphatic carbocycles. The van der Waals surface area contributed by atoms with Gasteiger partial charge in [0.15, 0.2) is 0 Å². The number of anilines is 2. The normalized spacial score (nSPS) is 10.5. The van der Waals surface area contributed by atoms with Crippen molar-refractivity contribution in [1.82, 2.24) is 19.5 Å². The molecule has 0 saturated carbocycles. The number of nitro groups is 1. The average molecular weight is 383 g/mol. The fourth-order valence-corrected chi connectivity index (χ4v) is 2.63. The third-order valence-electron chi connectivity index (χ3n) is 4.07. The number of aryl methyl sites for hydroxylation is 1. The summed E-state index contributed by atoms with van der Waals surface area (Å²) in [5.74, 6) is 1.12. The van der Waals surface area contributed by atoms with Crippen LogP contribution in [-0.2, 0) is 13.1 Å². The quantitative estimate of drug-likeness (QED) is 0.311. The minimum Gasteiger partial charge on any atom is -0.497 e. The second-order valence-electron chi connectivity index (χ2n) is 5.96. The third kappa shape index (κ3) is 4.93. The Hall–Kier alpha value is -3.69. The van der Waals surface area contributed by atoms with E-state index in [-0.39, 0.29) is 17.3 Å². The summed E-state index contributed by atoms with van der Waals surface area (Å²) >= 11 is 0. The van der Waals surface area contributed by atoms with E-state index in [1.807, 2.05) is 35.0 Å². The zero-order valence-electron chi connectivity index (χ0n) is 15.4. The number of aromatic nitrogens is 4. The van der Waals surface area contributed by atoms with Gasteiger partial charge in [0.05, 0.1) is 18.4 Å². The number of hydrogen-bond acceptors (Lipinski definition) is 8. The Morgan fingerprint density at radius 3 is 2.57 bits per heavy atom. The topological polar surface area (TPSA) is 120 Å². The van der Waals surface area contributed by atoms with E-state index in [9.17, 15) is 10.1 Å². The molecule has 3 aromatic rings. The number of benzene rings is 1. The SMILES string of the molecule is COc1ccc(CNc2ncnc(NCCCn3ccnc3)c2[N+](=O)[O-])cc1. The van der Waals surface area contributed by atoms with Crippen molar-refractivity contribution < 1.29 is 9.66 Å². The molecule has 28 heavy (non-hydrogen) atoms. The number of nitrogens with zero attached hydrogens (tertiary/aromatic N) is 5. The zero-order chi connectivity index (χ0) is 19.8. The van der Waals surface area contributed by atoms with Gasteiger partial charge in [-0.05, 0) is 24.1 Å². The highest BCUT2D eigenvalue weighted by Crippen LogP contribution is 2.29. The zero-order valence-corrected chi connectivity index (χ0v) is 15.4. The molecule has 2 N–H and O–H groups in total. The molecule has 146 valence electrons. The predicted molar refractivity (Wildman–Crippen MR) is 104 cm³/mol. The van der Waals surface area contributed by atoms with Crippen molar-refractivity contribution in [3.63, 3.8) is 0 Å². The Balaban J connectivity index is 1.63. The van der Waals surface area contributed by atoms with Crippen LogP contribution in [0.1, 0.15) is 12.0 Å². The van der Waals surface area contributed by atoms with Crippen LogP contribution in [0.25, 0.3) is 0 Å². The number of ether oxygens (including phenoxy) is 1. The molecule has 0 radical (unpaired) electrons. The predicted octanol–water partition coefficient (Wildman–Crippen LogP) is 2.70. The van der Waals surface area contributed by atoms with Crippen molar-refractivity contribution in [2.75, 3.05) is 24.3 Å². The van der Waals surface area contributed by atoms with E-state index in [4.69, 9.17) is 4.74 Å². The van der Waals surface area contributed by atoms with Gasteiger partial charge in [0, 0.05) is 32.0 Å². The highest BCUT2D eigenvalue weighted by atomic mass is 16.6. The minimum atomic E-state index is -0.478. The standard InChI is InChI=1S/C18H21N7O3/c1-28-15-5-3-14(4-6-15)11-21-18-16(25(26)27)17(22-12-23-18)20-7-2-9-24-10-8-19-13-24/h3-6,8,10,12-13H,2,7,9,11H2,1H3,(H2,20,21,22,23). The summed E-state index contributed by atoms with van der Waals surface area (Å²) < 4.78 is 7.07. The Morgan fingerprint density at radius 2 is 1.93 bits per heavy atom. The van der Waals surface area contributed by atoms with Crippen LogP contribution in [0.5, 0.6) is 5.75 Å². The largest absolute Gasteiger partial charge is 0.497 e. The van der Waals surface area contributed by atoms with Gasteiger partial charge < -0.3 is 19.9 Å². The van der Waals surface area contributed by atoms with Crippen LogP contribution in [0, 0.1) is 10.1 Å². The molecule has 1 aromatic carbocycles. The molecule has 10 heteroatoms. The number of imidazole rings is 1. The monoisotopic (exact) mass is 383 g/mol. The van der Waals surface area contributed by atoms with E-state index in [2.05, 4.69) is 25.6 Å². The lowest BCUT2D eigenvalue weighted by atomic mass is 10.2. The van der Waals surface area contributed by atoms with Crippen LogP contribution in [0.2, 0.25) is 0 Å². The molecule has 0 amide bonds. The first-order valence-corrected chi connectivity index (χ1v) is 8.73. The van der Waals surface area contributed by atoms with Crippen LogP contribution in [0.3, 0.4) is 0 Å². The lowest BCUT2D eigenvalue weighted by Crippen LogP contribution is -2.12. The fourth-order valence-electron chi connectivity index (χ4n) is 2.63. The van der Waals surface area contributed by atoms with E-state index < -0.39 is 4.92 Å². The Morgan fingerprint density at radius 1 is 1.18 bits per heavy atom. The molecule has 0 unspecified atom stereocenters. The van der Waals surface area contributed by atoms with Crippen molar-refractivity contribution in [1.29, 1.82) is 0 Å². The van der Waals surface area contributed by atoms with Gasteiger partial charge in [0.1, 0.15) is 12.1 Å². The molecular formula is C18H21N7O3. The number of rotatable bonds is 10. The number of methoxy groups -OCH3 is 1. The molecule has 0 saturated heterocycles. The van der Waals surface area contributed by atoms with Crippen LogP contribution >= 0.6 is 0 Å². The van der Waals surface area contributed by atoms with Crippen LogP contribution in [0.4, 0.5) is 17.3 Å². The highest BCUT2D eigenvalue weighted by molar-refractivity contribution is 5.69. The van der Waals surface area contributed by atoms with Crippen LogP contribution in [0.15, 0.2) is 49.3 Å². The summed E-state index contributed by atoms with van der Waals surface area (Å²) in [6, 6.07) is 7.43. The summed E-state index contributed by atoms with van der Waals surface area (Å²) in [6.45, 7) is 1.68. The summed E-state index contributed by atoms with van der Waals surface area (Å²) in [5, 5.41) is 17.6. The minimum absolute atomic E-state index is 0.168. The van der Waals surface area contributed by atoms with Gasteiger partial charge in [-0.15, -0.1) is 0 Å². The van der Waals surface area contributed by atoms with Gasteiger partial charge in [-0.2, -0.15) is 0 Å². The van der Waals surface area contributed by atoms with E-state index in [1.54, 1.807) is 19.6 Å². The van der Waals surface area contributed by atoms with Crippen molar-refractivity contribution in [2.24, 2.45) is 0 Å². The summed E-state index contributed by atoms with van der Waals surface area (Å²) in [6.07, 6.45) is 7.39. The first kappa shape index (κ1) is 19.1. The van der Waals surface area contributed by atoms with Crippen molar-refractivity contribution >= 4 is 17.3 Å². The third-order valence-corrected chi connectivity index (χ3v) is 4.07. The molecule has 0 aliphatic rings. The summed E-state index contributed by atoms with van der Waals surface area (Å²) in [4.78, 5) is 23.1. The van der Waals surface area contributed by atoms with Crippen LogP contribution in [-0.4, -0.2) is 38.1 Å². The van der Waals surface area contributed by atoms with Gasteiger partial charge in [0.25, 0.3) is 0 Å². The lowest BCUT2D eigenvalue weighted by molar-refractivity contribution is -0.383. The Bertz CT molecular complexity index is 898. The molecule has 0 atom stereocenters. The smallest absolute Gasteiger partial charge is 0.353 e. The molecular weight excluding hydrogens is 362 g/mol. The maximum Gasteiger partial charge on any atom is 0.353 e. The van der Waals surface area contributed by atoms with Crippen molar-refractivity contribution in [2.45, 2.75) is 19.5 Å². The Kier molecular flexibility index (Phi) is 6.34. The van der Waals surface area contributed by atoms with E-state index in [1.165, 1.54) is 6.33 Å². The first-order chi connectivity index (χ1) is 13.7. The second kappa shape index (κ2) is 9.31. The highest BCUT2D eigenvalue weighted by Gasteiger charge is 2.22. The molecule has 10 nitrogen and oxygen atoms in total. The molecule has 2 heterocycles. The molecule has 0 aliphatic heterocycles. The molecule has 0 bridgehead atoms. The maximum atomic E-state index is 11.6. The van der Waals surface area contributed by atoms with Gasteiger partial charge >= 0.3 is 5.69 Å². The maximum absolute atomic E-state index is 11.6. The van der Waals surface area contributed by atoms with E-state index in [0.29, 0.717) is 13.1 Å². The van der Waals surface area contributed by atoms with Gasteiger partial charge in [-0.3, -0.25) is 10.1 Å². The van der Waals surface area contributed by atoms with Crippen LogP contribution < -0.4 is 15.4 Å². The second-order valence-corrected chi connectivity index (χ2v) is 5.96. The van der Waals surface area contributed by atoms with Gasteiger partial charge in [0.2, 0.25) is 11.6 Å². The number of nitrogens with one attached hydrogen (secondary N) is 2. The molecule has 2 aromatic heterocycles. The van der Waals surface area contributed by atoms with Crippen molar-refractivity contribution in [3.8, 4) is 5.75 Å². The average Bonchev–Trinajstić information content (AvgIpc) is 3.23. The summed E-state index contributed by atoms with van der Waals surface area (Å²) in [7, 11) is 1.60. The lowest BCUT2D eigenvalue weighted by Gasteiger charge is -2.10. The fraction of sp³-hybridized carbons (Fsp3) is 0.278. The van der Waals surface area contributed by atoms with Gasteiger partial charge in [-0.25, -0.2) is 15.0 Å². The Labute approximate surface area is 161 Å². The summed E-state index contributed by atoms with van der Waals surface area (Å²) in [5.41, 5.74) is 0.780. The van der Waals surface area contributed by atoms with Gasteiger partial charge in [-0.1, -0.05) is 12.1 Å². The molecule has 0 spiro atoms. The molecule has 0 fully saturated rings. The number of hydrogen-bond donors (Lipinski definition) is 2. The van der Waals surface area contributed by atoms with E-state index in [0.717, 1.165) is 24.3 Å².